The third-order valence-electron chi connectivity index (χ3n) is 13.9. The Morgan fingerprint density at radius 2 is 0.865 bits per heavy atom. The second kappa shape index (κ2) is 32.0. The van der Waals surface area contributed by atoms with E-state index < -0.39 is 134 Å². The van der Waals surface area contributed by atoms with E-state index in [1.54, 1.807) is 0 Å². The molecule has 0 saturated carbocycles. The molecule has 0 spiro atoms. The number of piperazine rings is 2. The molecule has 89 heavy (non-hydrogen) atoms. The third-order valence-corrected chi connectivity index (χ3v) is 13.9. The van der Waals surface area contributed by atoms with Crippen LogP contribution < -0.4 is 37.2 Å². The monoisotopic (exact) mass is 1240 g/mol. The highest BCUT2D eigenvalue weighted by Crippen LogP contribution is 2.22. The lowest BCUT2D eigenvalue weighted by Crippen LogP contribution is -2.52. The summed E-state index contributed by atoms with van der Waals surface area (Å²) in [6.45, 7) is -0.482. The standard InChI is InChI=1S/C55H65FN14O19/c56-15-1-2-37-29-70(65-64-37)30-43(71)57-38-27-33(46(76)66-16-20-68(21-17-66)54(88)58-35-7-3-31(4-8-35)24-41(50(82)83)62-52(86)60-39(48(78)79)11-13-44(72)73)26-34(28-38)47(77)67-18-22-69(23-19-67)55(89)59-36-9-5-32(6-10-36)25-42(51(84)85)63-53(87)61-40(49(80)81)12-14-45(74)75/h3-10,26-29,39-42H,1-2,11-25,30H2,(H,57,71)(H,58,88)(H,59,89)(H,72,73)(H,74,75)(H,78,79)(H,80,81)(H,82,83)(H,84,85)(H2,60,62,86)(H2,61,63,87)/t39?,40?,41-,42-/m0/s1. The Morgan fingerprint density at radius 3 is 1.24 bits per heavy atom. The molecule has 2 aliphatic rings. The summed E-state index contributed by atoms with van der Waals surface area (Å²) in [6, 6.07) is 6.49. The van der Waals surface area contributed by atoms with Crippen molar-refractivity contribution in [3.05, 3.63) is 101 Å². The van der Waals surface area contributed by atoms with Crippen molar-refractivity contribution in [2.75, 3.05) is 75.0 Å². The van der Waals surface area contributed by atoms with Crippen LogP contribution >= 0.6 is 0 Å². The lowest BCUT2D eigenvalue weighted by Gasteiger charge is -2.35. The fourth-order valence-corrected chi connectivity index (χ4v) is 9.15. The number of nitrogens with zero attached hydrogens (tertiary/aromatic N) is 7. The number of aliphatic carboxylic acids is 6. The maximum absolute atomic E-state index is 14.2. The van der Waals surface area contributed by atoms with Crippen LogP contribution in [0.3, 0.4) is 0 Å². The minimum absolute atomic E-state index is 0.0164. The smallest absolute Gasteiger partial charge is 0.326 e. The number of amides is 11. The molecule has 4 atom stereocenters. The van der Waals surface area contributed by atoms with E-state index in [2.05, 4.69) is 47.5 Å². The van der Waals surface area contributed by atoms with E-state index in [1.807, 2.05) is 0 Å². The number of carbonyl (C=O) groups excluding carboxylic acids is 7. The van der Waals surface area contributed by atoms with Crippen molar-refractivity contribution in [2.45, 2.75) is 82.1 Å². The van der Waals surface area contributed by atoms with Crippen LogP contribution in [0.2, 0.25) is 0 Å². The van der Waals surface area contributed by atoms with Crippen LogP contribution in [0.5, 0.6) is 0 Å². The van der Waals surface area contributed by atoms with Gasteiger partial charge in [-0.05, 0) is 79.3 Å². The molecule has 2 saturated heterocycles. The Hall–Kier alpha value is -11.0. The highest BCUT2D eigenvalue weighted by Gasteiger charge is 2.31. The molecule has 6 rings (SSSR count). The van der Waals surface area contributed by atoms with Crippen LogP contribution in [0.15, 0.2) is 72.9 Å². The average molecular weight is 1250 g/mol. The molecule has 34 heteroatoms. The summed E-state index contributed by atoms with van der Waals surface area (Å²) < 4.78 is 14.0. The number of hydrogen-bond acceptors (Lipinski definition) is 15. The lowest BCUT2D eigenvalue weighted by molar-refractivity contribution is -0.142. The zero-order valence-corrected chi connectivity index (χ0v) is 47.5. The van der Waals surface area contributed by atoms with Crippen molar-refractivity contribution in [1.29, 1.82) is 0 Å². The van der Waals surface area contributed by atoms with Crippen LogP contribution in [-0.2, 0) is 59.4 Å². The summed E-state index contributed by atoms with van der Waals surface area (Å²) in [7, 11) is 0. The minimum atomic E-state index is -1.59. The number of nitrogens with one attached hydrogen (secondary N) is 7. The van der Waals surface area contributed by atoms with Crippen LogP contribution in [0, 0.1) is 0 Å². The van der Waals surface area contributed by atoms with Gasteiger partial charge in [-0.2, -0.15) is 0 Å². The summed E-state index contributed by atoms with van der Waals surface area (Å²) in [5, 5.41) is 80.4. The number of benzene rings is 3. The quantitative estimate of drug-likeness (QED) is 0.0377. The SMILES string of the molecule is O=C(O)CCC(NC(=O)N[C@@H](Cc1ccc(NC(=O)N2CCN(C(=O)c3cc(NC(=O)Cn4cc(CCCF)nn4)cc(C(=O)N4CCN(C(=O)Nc5ccc(C[C@H](NC(=O)NC(CCC(=O)O)C(=O)O)C(=O)O)cc5)CC4)c3)CC2)cc1)C(=O)O)C(=O)O. The van der Waals surface area contributed by atoms with Crippen LogP contribution in [0.1, 0.15) is 69.6 Å². The van der Waals surface area contributed by atoms with E-state index in [0.29, 0.717) is 34.6 Å². The van der Waals surface area contributed by atoms with Gasteiger partial charge in [0.1, 0.15) is 30.7 Å². The van der Waals surface area contributed by atoms with Gasteiger partial charge in [0.2, 0.25) is 5.91 Å². The Labute approximate surface area is 504 Å². The Bertz CT molecular complexity index is 3100. The van der Waals surface area contributed by atoms with E-state index in [4.69, 9.17) is 10.2 Å². The molecule has 1 aromatic heterocycles. The number of aromatic nitrogens is 3. The summed E-state index contributed by atoms with van der Waals surface area (Å²) in [5.74, 6) is -10.2. The topological polar surface area (TPSA) is 471 Å². The number of rotatable bonds is 28. The molecule has 13 N–H and O–H groups in total. The molecular weight excluding hydrogens is 1180 g/mol. The molecule has 2 aliphatic heterocycles. The van der Waals surface area contributed by atoms with Gasteiger partial charge in [0.15, 0.2) is 0 Å². The Balaban J connectivity index is 1.04. The maximum atomic E-state index is 14.2. The summed E-state index contributed by atoms with van der Waals surface area (Å²) in [4.78, 5) is 168. The molecule has 476 valence electrons. The predicted octanol–water partition coefficient (Wildman–Crippen LogP) is 1.02. The molecule has 0 bridgehead atoms. The molecule has 2 unspecified atom stereocenters. The van der Waals surface area contributed by atoms with Gasteiger partial charge in [-0.1, -0.05) is 29.5 Å². The zero-order valence-electron chi connectivity index (χ0n) is 47.5. The Kier molecular flexibility index (Phi) is 24.1. The summed E-state index contributed by atoms with van der Waals surface area (Å²) in [5.41, 5.74) is 2.01. The number of aryl methyl sites for hydroxylation is 1. The largest absolute Gasteiger partial charge is 0.481 e. The second-order valence-electron chi connectivity index (χ2n) is 20.4. The van der Waals surface area contributed by atoms with E-state index >= 15 is 0 Å². The Morgan fingerprint density at radius 1 is 0.483 bits per heavy atom. The molecule has 0 aliphatic carbocycles. The molecule has 3 heterocycles. The van der Waals surface area contributed by atoms with Gasteiger partial charge in [0, 0.05) is 112 Å². The zero-order chi connectivity index (χ0) is 64.9. The van der Waals surface area contributed by atoms with Gasteiger partial charge in [-0.3, -0.25) is 28.4 Å². The van der Waals surface area contributed by atoms with Crippen molar-refractivity contribution >= 4 is 94.7 Å². The molecule has 33 nitrogen and oxygen atoms in total. The molecular formula is C55H65FN14O19. The molecule has 2 fully saturated rings. The number of halogens is 1. The number of carboxylic acids is 6. The van der Waals surface area contributed by atoms with Gasteiger partial charge in [-0.25, -0.2) is 43.0 Å². The highest BCUT2D eigenvalue weighted by molar-refractivity contribution is 6.03. The van der Waals surface area contributed by atoms with E-state index in [1.165, 1.54) is 97.2 Å². The van der Waals surface area contributed by atoms with E-state index in [0.717, 1.165) is 0 Å². The number of anilines is 3. The maximum Gasteiger partial charge on any atom is 0.326 e. The van der Waals surface area contributed by atoms with Crippen molar-refractivity contribution in [2.24, 2.45) is 0 Å². The molecule has 4 aromatic rings. The average Bonchev–Trinajstić information content (AvgIpc) is 1.97. The van der Waals surface area contributed by atoms with Crippen molar-refractivity contribution in [3.63, 3.8) is 0 Å². The van der Waals surface area contributed by atoms with Crippen molar-refractivity contribution < 1.29 is 97.4 Å². The molecule has 0 radical (unpaired) electrons. The normalized spacial score (nSPS) is 14.3. The number of urea groups is 4. The van der Waals surface area contributed by atoms with Gasteiger partial charge in [0.05, 0.1) is 12.4 Å². The minimum Gasteiger partial charge on any atom is -0.481 e. The number of carboxylic acid groups (broad SMARTS) is 6. The van der Waals surface area contributed by atoms with Gasteiger partial charge in [-0.15, -0.1) is 5.10 Å². The second-order valence-corrected chi connectivity index (χ2v) is 20.4. The first-order valence-electron chi connectivity index (χ1n) is 27.6. The van der Waals surface area contributed by atoms with Gasteiger partial charge >= 0.3 is 59.9 Å². The van der Waals surface area contributed by atoms with Gasteiger partial charge in [0.25, 0.3) is 11.8 Å². The van der Waals surface area contributed by atoms with E-state index in [9.17, 15) is 87.1 Å². The van der Waals surface area contributed by atoms with Crippen LogP contribution in [-0.4, -0.2) is 226 Å². The summed E-state index contributed by atoms with van der Waals surface area (Å²) >= 11 is 0. The number of alkyl halides is 1. The van der Waals surface area contributed by atoms with Gasteiger partial charge < -0.3 is 87.5 Å². The highest BCUT2D eigenvalue weighted by atomic mass is 19.1. The van der Waals surface area contributed by atoms with Crippen molar-refractivity contribution in [1.82, 2.24) is 55.9 Å². The predicted molar refractivity (Wildman–Crippen MR) is 305 cm³/mol. The first-order chi connectivity index (χ1) is 42.3. The first kappa shape index (κ1) is 67.2. The van der Waals surface area contributed by atoms with Crippen molar-refractivity contribution in [3.8, 4) is 0 Å². The fourth-order valence-electron chi connectivity index (χ4n) is 9.15. The molecule has 11 amide bonds. The molecule has 3 aromatic carbocycles. The van der Waals surface area contributed by atoms with Crippen LogP contribution in [0.4, 0.5) is 40.6 Å². The third kappa shape index (κ3) is 20.9. The lowest BCUT2D eigenvalue weighted by atomic mass is 10.1. The van der Waals surface area contributed by atoms with Crippen LogP contribution in [0.25, 0.3) is 0 Å². The fraction of sp³-hybridized carbons (Fsp3) is 0.400. The number of hydrogen-bond donors (Lipinski definition) is 13. The first-order valence-corrected chi connectivity index (χ1v) is 27.6. The number of carbonyl (C=O) groups is 13. The van der Waals surface area contributed by atoms with E-state index in [-0.39, 0.29) is 95.0 Å². The summed E-state index contributed by atoms with van der Waals surface area (Å²) in [6.07, 6.45) is -0.520.